The van der Waals surface area contributed by atoms with E-state index in [1.54, 1.807) is 23.5 Å². The van der Waals surface area contributed by atoms with Crippen LogP contribution < -0.4 is 10.6 Å². The van der Waals surface area contributed by atoms with Gasteiger partial charge in [0, 0.05) is 26.7 Å². The normalized spacial score (nSPS) is 12.0. The van der Waals surface area contributed by atoms with Gasteiger partial charge in [-0.3, -0.25) is 4.79 Å². The highest BCUT2D eigenvalue weighted by Crippen LogP contribution is 2.38. The van der Waals surface area contributed by atoms with E-state index in [1.165, 1.54) is 17.6 Å². The number of nitrogens with one attached hydrogen (secondary N) is 2. The van der Waals surface area contributed by atoms with E-state index in [0.29, 0.717) is 5.95 Å². The molecule has 8 heteroatoms. The van der Waals surface area contributed by atoms with Crippen molar-refractivity contribution in [3.8, 4) is 0 Å². The molecule has 0 fully saturated rings. The lowest BCUT2D eigenvalue weighted by atomic mass is 10.1. The van der Waals surface area contributed by atoms with Crippen LogP contribution in [0.5, 0.6) is 0 Å². The monoisotopic (exact) mass is 424 g/mol. The fourth-order valence-electron chi connectivity index (χ4n) is 3.10. The van der Waals surface area contributed by atoms with E-state index in [2.05, 4.69) is 32.7 Å². The van der Waals surface area contributed by atoms with Gasteiger partial charge < -0.3 is 15.1 Å². The summed E-state index contributed by atoms with van der Waals surface area (Å²) in [4.78, 5) is 23.8. The molecule has 0 aliphatic heterocycles. The SMILES string of the molecule is Cc1cc(C)nc(NC(c2cccs2)c2cc(C)sc2NC(=O)c2ccco2)n1. The molecule has 1 unspecified atom stereocenters. The molecule has 29 heavy (non-hydrogen) atoms. The Hall–Kier alpha value is -2.97. The first-order valence-corrected chi connectivity index (χ1v) is 10.8. The highest BCUT2D eigenvalue weighted by molar-refractivity contribution is 7.16. The average molecular weight is 425 g/mol. The molecular formula is C21H20N4O2S2. The molecule has 0 aromatic carbocycles. The Balaban J connectivity index is 1.71. The van der Waals surface area contributed by atoms with Crippen molar-refractivity contribution in [2.75, 3.05) is 10.6 Å². The van der Waals surface area contributed by atoms with Crippen molar-refractivity contribution in [3.05, 3.63) is 80.5 Å². The van der Waals surface area contributed by atoms with Crippen molar-refractivity contribution >= 4 is 39.5 Å². The summed E-state index contributed by atoms with van der Waals surface area (Å²) in [6.45, 7) is 5.92. The van der Waals surface area contributed by atoms with E-state index in [0.717, 1.165) is 31.7 Å². The summed E-state index contributed by atoms with van der Waals surface area (Å²) in [5.74, 6) is 0.569. The second kappa shape index (κ2) is 8.18. The lowest BCUT2D eigenvalue weighted by Gasteiger charge is -2.19. The van der Waals surface area contributed by atoms with Crippen molar-refractivity contribution in [2.24, 2.45) is 0 Å². The third kappa shape index (κ3) is 4.38. The van der Waals surface area contributed by atoms with Crippen LogP contribution in [-0.4, -0.2) is 15.9 Å². The summed E-state index contributed by atoms with van der Waals surface area (Å²) in [5, 5.41) is 9.27. The van der Waals surface area contributed by atoms with E-state index in [9.17, 15) is 4.79 Å². The molecule has 2 N–H and O–H groups in total. The van der Waals surface area contributed by atoms with E-state index in [4.69, 9.17) is 4.42 Å². The molecule has 0 radical (unpaired) electrons. The number of furan rings is 1. The zero-order valence-electron chi connectivity index (χ0n) is 16.2. The van der Waals surface area contributed by atoms with Crippen LogP contribution in [0.25, 0.3) is 0 Å². The summed E-state index contributed by atoms with van der Waals surface area (Å²) >= 11 is 3.18. The number of amides is 1. The van der Waals surface area contributed by atoms with Gasteiger partial charge in [0.2, 0.25) is 5.95 Å². The molecular weight excluding hydrogens is 404 g/mol. The number of aryl methyl sites for hydroxylation is 3. The molecule has 4 aromatic heterocycles. The number of rotatable bonds is 6. The maximum atomic E-state index is 12.6. The van der Waals surface area contributed by atoms with E-state index in [-0.39, 0.29) is 17.7 Å². The van der Waals surface area contributed by atoms with E-state index >= 15 is 0 Å². The molecule has 0 bridgehead atoms. The van der Waals surface area contributed by atoms with E-state index < -0.39 is 0 Å². The summed E-state index contributed by atoms with van der Waals surface area (Å²) < 4.78 is 5.23. The number of carbonyl (C=O) groups is 1. The van der Waals surface area contributed by atoms with Crippen LogP contribution in [0.2, 0.25) is 0 Å². The molecule has 4 rings (SSSR count). The Morgan fingerprint density at radius 3 is 2.55 bits per heavy atom. The van der Waals surface area contributed by atoms with E-state index in [1.807, 2.05) is 38.3 Å². The highest BCUT2D eigenvalue weighted by atomic mass is 32.1. The Morgan fingerprint density at radius 2 is 1.90 bits per heavy atom. The molecule has 0 saturated carbocycles. The number of hydrogen-bond donors (Lipinski definition) is 2. The van der Waals surface area contributed by atoms with Gasteiger partial charge in [-0.2, -0.15) is 0 Å². The van der Waals surface area contributed by atoms with Crippen molar-refractivity contribution in [2.45, 2.75) is 26.8 Å². The van der Waals surface area contributed by atoms with Crippen LogP contribution in [0.4, 0.5) is 10.9 Å². The summed E-state index contributed by atoms with van der Waals surface area (Å²) in [6, 6.07) is 11.3. The number of anilines is 2. The molecule has 4 aromatic rings. The molecule has 148 valence electrons. The molecule has 0 aliphatic carbocycles. The van der Waals surface area contributed by atoms with Gasteiger partial charge in [0.05, 0.1) is 12.3 Å². The first-order valence-electron chi connectivity index (χ1n) is 9.07. The van der Waals surface area contributed by atoms with Crippen molar-refractivity contribution in [1.82, 2.24) is 9.97 Å². The second-order valence-electron chi connectivity index (χ2n) is 6.64. The Morgan fingerprint density at radius 1 is 1.10 bits per heavy atom. The quantitative estimate of drug-likeness (QED) is 0.423. The smallest absolute Gasteiger partial charge is 0.291 e. The topological polar surface area (TPSA) is 80.0 Å². The van der Waals surface area contributed by atoms with Crippen LogP contribution >= 0.6 is 22.7 Å². The van der Waals surface area contributed by atoms with Gasteiger partial charge in [-0.15, -0.1) is 22.7 Å². The molecule has 0 saturated heterocycles. The number of nitrogens with zero attached hydrogens (tertiary/aromatic N) is 2. The molecule has 1 amide bonds. The van der Waals surface area contributed by atoms with Crippen molar-refractivity contribution in [1.29, 1.82) is 0 Å². The van der Waals surface area contributed by atoms with Crippen LogP contribution in [0.1, 0.15) is 43.3 Å². The minimum Gasteiger partial charge on any atom is -0.459 e. The zero-order valence-corrected chi connectivity index (χ0v) is 17.9. The van der Waals surface area contributed by atoms with Gasteiger partial charge >= 0.3 is 0 Å². The first kappa shape index (κ1) is 19.4. The minimum absolute atomic E-state index is 0.187. The summed E-state index contributed by atoms with van der Waals surface area (Å²) in [6.07, 6.45) is 1.49. The van der Waals surface area contributed by atoms with Gasteiger partial charge in [0.15, 0.2) is 5.76 Å². The largest absolute Gasteiger partial charge is 0.459 e. The lowest BCUT2D eigenvalue weighted by Crippen LogP contribution is -2.17. The Labute approximate surface area is 176 Å². The van der Waals surface area contributed by atoms with Crippen LogP contribution in [0.15, 0.2) is 52.5 Å². The van der Waals surface area contributed by atoms with Gasteiger partial charge in [-0.05, 0) is 56.5 Å². The molecule has 0 spiro atoms. The number of thiophene rings is 2. The third-order valence-electron chi connectivity index (χ3n) is 4.25. The number of aromatic nitrogens is 2. The maximum absolute atomic E-state index is 12.6. The fraction of sp³-hybridized carbons (Fsp3) is 0.190. The number of carbonyl (C=O) groups excluding carboxylic acids is 1. The van der Waals surface area contributed by atoms with Gasteiger partial charge in [0.1, 0.15) is 5.00 Å². The molecule has 4 heterocycles. The second-order valence-corrected chi connectivity index (χ2v) is 8.88. The summed E-state index contributed by atoms with van der Waals surface area (Å²) in [7, 11) is 0. The van der Waals surface area contributed by atoms with Crippen molar-refractivity contribution in [3.63, 3.8) is 0 Å². The highest BCUT2D eigenvalue weighted by Gasteiger charge is 2.24. The predicted octanol–water partition coefficient (Wildman–Crippen LogP) is 5.57. The molecule has 0 aliphatic rings. The van der Waals surface area contributed by atoms with Gasteiger partial charge in [0.25, 0.3) is 5.91 Å². The van der Waals surface area contributed by atoms with Crippen LogP contribution in [0, 0.1) is 20.8 Å². The molecule has 1 atom stereocenters. The van der Waals surface area contributed by atoms with Crippen LogP contribution in [-0.2, 0) is 0 Å². The molecule has 6 nitrogen and oxygen atoms in total. The maximum Gasteiger partial charge on any atom is 0.291 e. The first-order chi connectivity index (χ1) is 14.0. The Kier molecular flexibility index (Phi) is 5.46. The van der Waals surface area contributed by atoms with Gasteiger partial charge in [-0.25, -0.2) is 9.97 Å². The predicted molar refractivity (Wildman–Crippen MR) is 117 cm³/mol. The number of hydrogen-bond acceptors (Lipinski definition) is 7. The standard InChI is InChI=1S/C21H20N4O2S2/c1-12-10-13(2)23-21(22-12)24-18(17-7-5-9-28-17)15-11-14(3)29-20(15)25-19(26)16-6-4-8-27-16/h4-11,18H,1-3H3,(H,25,26)(H,22,23,24). The average Bonchev–Trinajstić information content (AvgIpc) is 3.41. The third-order valence-corrected chi connectivity index (χ3v) is 6.17. The summed E-state index contributed by atoms with van der Waals surface area (Å²) in [5.41, 5.74) is 2.77. The lowest BCUT2D eigenvalue weighted by molar-refractivity contribution is 0.0997. The van der Waals surface area contributed by atoms with Crippen LogP contribution in [0.3, 0.4) is 0 Å². The van der Waals surface area contributed by atoms with Crippen molar-refractivity contribution < 1.29 is 9.21 Å². The minimum atomic E-state index is -0.273. The fourth-order valence-corrected chi connectivity index (χ4v) is 4.84. The zero-order chi connectivity index (χ0) is 20.4. The van der Waals surface area contributed by atoms with Gasteiger partial charge in [-0.1, -0.05) is 6.07 Å². The Bertz CT molecular complexity index is 1100.